The Morgan fingerprint density at radius 3 is 2.72 bits per heavy atom. The smallest absolute Gasteiger partial charge is 0.262 e. The maximum atomic E-state index is 13.9. The normalized spacial score (nSPS) is 21.8. The van der Waals surface area contributed by atoms with E-state index in [-0.39, 0.29) is 36.3 Å². The lowest BCUT2D eigenvalue weighted by Crippen LogP contribution is -2.47. The number of aliphatic hydroxyl groups excluding tert-OH is 1. The highest BCUT2D eigenvalue weighted by molar-refractivity contribution is 7.92. The van der Waals surface area contributed by atoms with Crippen LogP contribution in [0.1, 0.15) is 29.9 Å². The lowest BCUT2D eigenvalue weighted by molar-refractivity contribution is -0.142. The predicted molar refractivity (Wildman–Crippen MR) is 141 cm³/mol. The van der Waals surface area contributed by atoms with Crippen molar-refractivity contribution in [2.45, 2.75) is 48.5 Å². The number of aliphatic hydroxyl groups is 1. The van der Waals surface area contributed by atoms with Gasteiger partial charge in [-0.15, -0.1) is 0 Å². The van der Waals surface area contributed by atoms with E-state index in [0.29, 0.717) is 29.2 Å². The van der Waals surface area contributed by atoms with E-state index in [2.05, 4.69) is 10.0 Å². The Balaban J connectivity index is 1.29. The maximum absolute atomic E-state index is 13.9. The van der Waals surface area contributed by atoms with Gasteiger partial charge in [0, 0.05) is 35.3 Å². The first-order valence-electron chi connectivity index (χ1n) is 12.5. The molecule has 2 aliphatic heterocycles. The molecule has 0 aromatic heterocycles. The molecule has 4 atom stereocenters. The molecule has 206 valence electrons. The molecule has 39 heavy (non-hydrogen) atoms. The molecule has 0 bridgehead atoms. The van der Waals surface area contributed by atoms with E-state index in [1.165, 1.54) is 25.3 Å². The first kappa shape index (κ1) is 26.9. The summed E-state index contributed by atoms with van der Waals surface area (Å²) < 4.78 is 59.7. The van der Waals surface area contributed by atoms with E-state index in [4.69, 9.17) is 14.2 Å². The van der Waals surface area contributed by atoms with Gasteiger partial charge in [0.05, 0.1) is 31.1 Å². The second kappa shape index (κ2) is 11.2. The van der Waals surface area contributed by atoms with Gasteiger partial charge in [0.25, 0.3) is 10.0 Å². The summed E-state index contributed by atoms with van der Waals surface area (Å²) in [5, 5.41) is 12.7. The number of halogens is 1. The van der Waals surface area contributed by atoms with Gasteiger partial charge in [0.1, 0.15) is 29.5 Å². The molecular weight excluding hydrogens is 527 g/mol. The standard InChI is InChI=1S/C28H29FN2O7S/c1-36-19-6-4-7-21(12-19)39(34,35)31-18-9-10-25-22(11-18)23-13-20(37-26(16-32)28(23)38-25)14-27(33)30-15-17-5-2-3-8-24(17)29/h2-12,20,23,26,28,31-32H,13-16H2,1H3,(H,30,33)/t20-,23-,26+,28+/m1/s1. The first-order valence-corrected chi connectivity index (χ1v) is 14.0. The Bertz CT molecular complexity index is 1470. The molecular formula is C28H29FN2O7S. The number of nitrogens with one attached hydrogen (secondary N) is 2. The van der Waals surface area contributed by atoms with Crippen molar-refractivity contribution in [3.05, 3.63) is 83.7 Å². The average Bonchev–Trinajstić information content (AvgIpc) is 3.30. The molecule has 1 amide bonds. The van der Waals surface area contributed by atoms with Crippen LogP contribution in [0, 0.1) is 5.82 Å². The van der Waals surface area contributed by atoms with Crippen LogP contribution in [0.3, 0.4) is 0 Å². The summed E-state index contributed by atoms with van der Waals surface area (Å²) in [4.78, 5) is 12.7. The summed E-state index contributed by atoms with van der Waals surface area (Å²) in [7, 11) is -2.42. The Hall–Kier alpha value is -3.67. The van der Waals surface area contributed by atoms with Crippen molar-refractivity contribution in [3.8, 4) is 11.5 Å². The third kappa shape index (κ3) is 5.85. The van der Waals surface area contributed by atoms with Crippen molar-refractivity contribution in [1.29, 1.82) is 0 Å². The zero-order valence-corrected chi connectivity index (χ0v) is 22.0. The van der Waals surface area contributed by atoms with Crippen molar-refractivity contribution >= 4 is 21.6 Å². The topological polar surface area (TPSA) is 123 Å². The molecule has 0 radical (unpaired) electrons. The number of carbonyl (C=O) groups excluding carboxylic acids is 1. The number of hydrogen-bond acceptors (Lipinski definition) is 7. The van der Waals surface area contributed by atoms with Crippen LogP contribution >= 0.6 is 0 Å². The van der Waals surface area contributed by atoms with Gasteiger partial charge in [0.2, 0.25) is 5.91 Å². The molecule has 1 saturated heterocycles. The van der Waals surface area contributed by atoms with E-state index >= 15 is 0 Å². The molecule has 11 heteroatoms. The van der Waals surface area contributed by atoms with Gasteiger partial charge in [-0.2, -0.15) is 0 Å². The predicted octanol–water partition coefficient (Wildman–Crippen LogP) is 3.34. The van der Waals surface area contributed by atoms with Crippen molar-refractivity contribution in [1.82, 2.24) is 5.32 Å². The molecule has 2 heterocycles. The molecule has 2 aliphatic rings. The zero-order valence-electron chi connectivity index (χ0n) is 21.2. The first-order chi connectivity index (χ1) is 18.8. The Kier molecular flexibility index (Phi) is 7.74. The summed E-state index contributed by atoms with van der Waals surface area (Å²) in [5.74, 6) is 0.0617. The van der Waals surface area contributed by atoms with Gasteiger partial charge in [-0.1, -0.05) is 24.3 Å². The number of rotatable bonds is 9. The number of sulfonamides is 1. The molecule has 3 N–H and O–H groups in total. The van der Waals surface area contributed by atoms with Crippen LogP contribution in [0.5, 0.6) is 11.5 Å². The molecule has 0 spiro atoms. The number of hydrogen-bond donors (Lipinski definition) is 3. The third-order valence-electron chi connectivity index (χ3n) is 6.95. The van der Waals surface area contributed by atoms with E-state index in [1.54, 1.807) is 48.5 Å². The molecule has 9 nitrogen and oxygen atoms in total. The Morgan fingerprint density at radius 2 is 1.95 bits per heavy atom. The number of amides is 1. The van der Waals surface area contributed by atoms with Crippen LogP contribution in [0.25, 0.3) is 0 Å². The Morgan fingerprint density at radius 1 is 1.13 bits per heavy atom. The minimum absolute atomic E-state index is 0.0195. The maximum Gasteiger partial charge on any atom is 0.262 e. The molecule has 3 aromatic rings. The number of benzene rings is 3. The van der Waals surface area contributed by atoms with E-state index in [9.17, 15) is 22.7 Å². The summed E-state index contributed by atoms with van der Waals surface area (Å²) in [5.41, 5.74) is 1.50. The number of fused-ring (bicyclic) bond motifs is 3. The second-order valence-electron chi connectivity index (χ2n) is 9.51. The SMILES string of the molecule is COc1cccc(S(=O)(=O)Nc2ccc3c(c2)[C@H]2C[C@H](CC(=O)NCc4ccccc4F)O[C@@H](CO)[C@H]2O3)c1. The summed E-state index contributed by atoms with van der Waals surface area (Å²) >= 11 is 0. The van der Waals surface area contributed by atoms with Crippen LogP contribution in [-0.2, 0) is 26.1 Å². The lowest BCUT2D eigenvalue weighted by atomic mass is 9.84. The van der Waals surface area contributed by atoms with E-state index in [0.717, 1.165) is 5.56 Å². The van der Waals surface area contributed by atoms with Crippen molar-refractivity contribution in [2.24, 2.45) is 0 Å². The van der Waals surface area contributed by atoms with Gasteiger partial charge >= 0.3 is 0 Å². The molecule has 0 aliphatic carbocycles. The monoisotopic (exact) mass is 556 g/mol. The average molecular weight is 557 g/mol. The fourth-order valence-corrected chi connectivity index (χ4v) is 6.13. The molecule has 1 fully saturated rings. The third-order valence-corrected chi connectivity index (χ3v) is 8.33. The summed E-state index contributed by atoms with van der Waals surface area (Å²) in [6.07, 6.45) is -1.22. The van der Waals surface area contributed by atoms with Crippen molar-refractivity contribution < 1.29 is 36.9 Å². The van der Waals surface area contributed by atoms with Crippen LogP contribution in [0.15, 0.2) is 71.6 Å². The van der Waals surface area contributed by atoms with Gasteiger partial charge < -0.3 is 24.6 Å². The second-order valence-corrected chi connectivity index (χ2v) is 11.2. The van der Waals surface area contributed by atoms with Crippen molar-refractivity contribution in [3.63, 3.8) is 0 Å². The summed E-state index contributed by atoms with van der Waals surface area (Å²) in [6.45, 7) is -0.256. The summed E-state index contributed by atoms with van der Waals surface area (Å²) in [6, 6.07) is 17.4. The number of ether oxygens (including phenoxy) is 3. The highest BCUT2D eigenvalue weighted by Gasteiger charge is 2.46. The molecule has 0 saturated carbocycles. The van der Waals surface area contributed by atoms with Gasteiger partial charge in [0.15, 0.2) is 0 Å². The number of carbonyl (C=O) groups is 1. The van der Waals surface area contributed by atoms with Crippen LogP contribution in [0.4, 0.5) is 10.1 Å². The highest BCUT2D eigenvalue weighted by atomic mass is 32.2. The Labute approximate surface area is 226 Å². The number of anilines is 1. The largest absolute Gasteiger partial charge is 0.497 e. The molecule has 0 unspecified atom stereocenters. The van der Waals surface area contributed by atoms with E-state index in [1.807, 2.05) is 0 Å². The van der Waals surface area contributed by atoms with Gasteiger partial charge in [-0.3, -0.25) is 9.52 Å². The van der Waals surface area contributed by atoms with Crippen LogP contribution in [-0.4, -0.2) is 51.5 Å². The quantitative estimate of drug-likeness (QED) is 0.370. The van der Waals surface area contributed by atoms with E-state index < -0.39 is 34.2 Å². The van der Waals surface area contributed by atoms with Gasteiger partial charge in [-0.05, 0) is 42.8 Å². The fourth-order valence-electron chi connectivity index (χ4n) is 5.05. The number of methoxy groups -OCH3 is 1. The fraction of sp³-hybridized carbons (Fsp3) is 0.321. The lowest BCUT2D eigenvalue weighted by Gasteiger charge is -2.37. The molecule has 3 aromatic carbocycles. The van der Waals surface area contributed by atoms with Crippen LogP contribution < -0.4 is 19.5 Å². The van der Waals surface area contributed by atoms with Crippen molar-refractivity contribution in [2.75, 3.05) is 18.4 Å². The molecule has 5 rings (SSSR count). The minimum atomic E-state index is -3.88. The van der Waals surface area contributed by atoms with Crippen LogP contribution in [0.2, 0.25) is 0 Å². The van der Waals surface area contributed by atoms with Gasteiger partial charge in [-0.25, -0.2) is 12.8 Å². The minimum Gasteiger partial charge on any atom is -0.497 e. The zero-order chi connectivity index (χ0) is 27.6. The highest BCUT2D eigenvalue weighted by Crippen LogP contribution is 2.47.